The maximum absolute atomic E-state index is 10.7. The molecule has 1 aromatic rings. The van der Waals surface area contributed by atoms with Gasteiger partial charge in [-0.3, -0.25) is 4.79 Å². The molecule has 0 radical (unpaired) electrons. The maximum atomic E-state index is 10.7. The Bertz CT molecular complexity index is 295. The van der Waals surface area contributed by atoms with E-state index in [1.807, 2.05) is 6.07 Å². The van der Waals surface area contributed by atoms with Gasteiger partial charge in [-0.2, -0.15) is 5.26 Å². The van der Waals surface area contributed by atoms with Crippen LogP contribution in [0.4, 0.5) is 0 Å². The van der Waals surface area contributed by atoms with Crippen molar-refractivity contribution in [3.8, 4) is 6.07 Å². The van der Waals surface area contributed by atoms with Gasteiger partial charge in [0.2, 0.25) is 0 Å². The van der Waals surface area contributed by atoms with Crippen molar-refractivity contribution in [2.75, 3.05) is 0 Å². The first kappa shape index (κ1) is 6.97. The molecule has 1 aromatic heterocycles. The van der Waals surface area contributed by atoms with Crippen LogP contribution in [-0.2, 0) is 0 Å². The second-order valence-corrected chi connectivity index (χ2v) is 2.92. The van der Waals surface area contributed by atoms with Crippen LogP contribution in [0.1, 0.15) is 21.5 Å². The molecule has 50 valence electrons. The molecule has 0 atom stereocenters. The zero-order valence-corrected chi connectivity index (χ0v) is 6.23. The van der Waals surface area contributed by atoms with Crippen LogP contribution in [0.25, 0.3) is 0 Å². The summed E-state index contributed by atoms with van der Waals surface area (Å²) in [7, 11) is 0. The Balaban J connectivity index is 3.02. The van der Waals surface area contributed by atoms with Gasteiger partial charge in [-0.05, 0) is 19.1 Å². The van der Waals surface area contributed by atoms with Gasteiger partial charge in [0.05, 0.1) is 4.88 Å². The molecule has 10 heavy (non-hydrogen) atoms. The van der Waals surface area contributed by atoms with Gasteiger partial charge in [-0.15, -0.1) is 11.3 Å². The van der Waals surface area contributed by atoms with E-state index in [0.717, 1.165) is 0 Å². The summed E-state index contributed by atoms with van der Waals surface area (Å²) in [5, 5.41) is 8.38. The van der Waals surface area contributed by atoms with Crippen LogP contribution in [0.3, 0.4) is 0 Å². The monoisotopic (exact) mass is 151 g/mol. The number of ketones is 1. The molecule has 0 N–H and O–H groups in total. The number of hydrogen-bond donors (Lipinski definition) is 0. The Morgan fingerprint density at radius 1 is 1.70 bits per heavy atom. The first-order chi connectivity index (χ1) is 4.74. The molecule has 0 aromatic carbocycles. The normalized spacial score (nSPS) is 8.80. The van der Waals surface area contributed by atoms with E-state index in [1.54, 1.807) is 12.1 Å². The van der Waals surface area contributed by atoms with Gasteiger partial charge in [0, 0.05) is 0 Å². The van der Waals surface area contributed by atoms with Crippen molar-refractivity contribution in [3.05, 3.63) is 21.9 Å². The fraction of sp³-hybridized carbons (Fsp3) is 0.143. The molecule has 0 aliphatic carbocycles. The van der Waals surface area contributed by atoms with Crippen molar-refractivity contribution in [1.29, 1.82) is 5.26 Å². The van der Waals surface area contributed by atoms with E-state index in [9.17, 15) is 4.79 Å². The van der Waals surface area contributed by atoms with E-state index < -0.39 is 0 Å². The van der Waals surface area contributed by atoms with Gasteiger partial charge in [-0.1, -0.05) is 0 Å². The molecule has 2 nitrogen and oxygen atoms in total. The lowest BCUT2D eigenvalue weighted by atomic mass is 10.3. The van der Waals surface area contributed by atoms with E-state index in [1.165, 1.54) is 18.3 Å². The highest BCUT2D eigenvalue weighted by Crippen LogP contribution is 2.15. The number of nitrogens with zero attached hydrogens (tertiary/aromatic N) is 1. The molecule has 0 saturated carbocycles. The highest BCUT2D eigenvalue weighted by molar-refractivity contribution is 7.14. The largest absolute Gasteiger partial charge is 0.294 e. The van der Waals surface area contributed by atoms with E-state index in [2.05, 4.69) is 0 Å². The van der Waals surface area contributed by atoms with Crippen LogP contribution >= 0.6 is 11.3 Å². The van der Waals surface area contributed by atoms with Gasteiger partial charge < -0.3 is 0 Å². The first-order valence-electron chi connectivity index (χ1n) is 2.75. The third kappa shape index (κ3) is 1.23. The average molecular weight is 151 g/mol. The Morgan fingerprint density at radius 2 is 2.40 bits per heavy atom. The summed E-state index contributed by atoms with van der Waals surface area (Å²) in [4.78, 5) is 11.9. The first-order valence-corrected chi connectivity index (χ1v) is 3.56. The van der Waals surface area contributed by atoms with E-state index >= 15 is 0 Å². The average Bonchev–Trinajstić information content (AvgIpc) is 2.34. The Hall–Kier alpha value is -1.14. The summed E-state index contributed by atoms with van der Waals surface area (Å²) >= 11 is 1.23. The second-order valence-electron chi connectivity index (χ2n) is 1.83. The fourth-order valence-corrected chi connectivity index (χ4v) is 1.29. The molecular weight excluding hydrogens is 146 g/mol. The predicted octanol–water partition coefficient (Wildman–Crippen LogP) is 1.82. The summed E-state index contributed by atoms with van der Waals surface area (Å²) in [6.45, 7) is 1.49. The zero-order valence-electron chi connectivity index (χ0n) is 5.42. The number of hydrogen-bond acceptors (Lipinski definition) is 3. The van der Waals surface area contributed by atoms with Crippen LogP contribution in [-0.4, -0.2) is 5.78 Å². The summed E-state index contributed by atoms with van der Waals surface area (Å²) in [6.07, 6.45) is 0. The summed E-state index contributed by atoms with van der Waals surface area (Å²) in [5.41, 5.74) is 0. The molecule has 3 heteroatoms. The summed E-state index contributed by atoms with van der Waals surface area (Å²) < 4.78 is 0. The third-order valence-corrected chi connectivity index (χ3v) is 2.15. The van der Waals surface area contributed by atoms with Crippen molar-refractivity contribution >= 4 is 17.1 Å². The lowest BCUT2D eigenvalue weighted by molar-refractivity contribution is 0.102. The van der Waals surface area contributed by atoms with Gasteiger partial charge in [0.25, 0.3) is 0 Å². The highest BCUT2D eigenvalue weighted by atomic mass is 32.1. The summed E-state index contributed by atoms with van der Waals surface area (Å²) in [6, 6.07) is 5.29. The molecule has 0 unspecified atom stereocenters. The molecule has 1 heterocycles. The molecule has 0 fully saturated rings. The predicted molar refractivity (Wildman–Crippen MR) is 39.0 cm³/mol. The Morgan fingerprint density at radius 3 is 2.70 bits per heavy atom. The third-order valence-electron chi connectivity index (χ3n) is 1.06. The second kappa shape index (κ2) is 2.63. The molecule has 0 aliphatic rings. The minimum Gasteiger partial charge on any atom is -0.294 e. The standard InChI is InChI=1S/C7H5NOS/c1-5(9)7-3-2-6(4-8)10-7/h2-3H,1H3. The minimum absolute atomic E-state index is 0.0199. The molecule has 0 amide bonds. The number of thiophene rings is 1. The van der Waals surface area contributed by atoms with Gasteiger partial charge in [0.15, 0.2) is 5.78 Å². The van der Waals surface area contributed by atoms with E-state index in [4.69, 9.17) is 5.26 Å². The topological polar surface area (TPSA) is 40.9 Å². The van der Waals surface area contributed by atoms with Gasteiger partial charge >= 0.3 is 0 Å². The van der Waals surface area contributed by atoms with Crippen LogP contribution in [0.2, 0.25) is 0 Å². The fourth-order valence-electron chi connectivity index (χ4n) is 0.587. The van der Waals surface area contributed by atoms with Crippen molar-refractivity contribution in [2.24, 2.45) is 0 Å². The Kier molecular flexibility index (Phi) is 1.83. The van der Waals surface area contributed by atoms with Crippen molar-refractivity contribution in [1.82, 2.24) is 0 Å². The Labute approximate surface area is 62.7 Å². The van der Waals surface area contributed by atoms with Crippen molar-refractivity contribution in [3.63, 3.8) is 0 Å². The van der Waals surface area contributed by atoms with Crippen LogP contribution in [0.15, 0.2) is 12.1 Å². The minimum atomic E-state index is 0.0199. The highest BCUT2D eigenvalue weighted by Gasteiger charge is 2.01. The molecule has 0 aliphatic heterocycles. The summed E-state index contributed by atoms with van der Waals surface area (Å²) in [5.74, 6) is 0.0199. The zero-order chi connectivity index (χ0) is 7.56. The van der Waals surface area contributed by atoms with Crippen LogP contribution in [0.5, 0.6) is 0 Å². The number of Topliss-reactive ketones (excluding diaryl/α,β-unsaturated/α-hetero) is 1. The van der Waals surface area contributed by atoms with E-state index in [0.29, 0.717) is 9.75 Å². The van der Waals surface area contributed by atoms with Crippen molar-refractivity contribution in [2.45, 2.75) is 6.92 Å². The van der Waals surface area contributed by atoms with E-state index in [-0.39, 0.29) is 5.78 Å². The number of carbonyl (C=O) groups excluding carboxylic acids is 1. The number of nitriles is 1. The molecule has 0 bridgehead atoms. The smallest absolute Gasteiger partial charge is 0.169 e. The van der Waals surface area contributed by atoms with Crippen molar-refractivity contribution < 1.29 is 4.79 Å². The SMILES string of the molecule is CC(=O)c1ccc(C#N)s1. The molecule has 0 saturated heterocycles. The molecule has 1 rings (SSSR count). The van der Waals surface area contributed by atoms with Gasteiger partial charge in [0.1, 0.15) is 10.9 Å². The maximum Gasteiger partial charge on any atom is 0.169 e. The van der Waals surface area contributed by atoms with Crippen LogP contribution in [0, 0.1) is 11.3 Å². The molecular formula is C7H5NOS. The number of carbonyl (C=O) groups is 1. The lowest BCUT2D eigenvalue weighted by Crippen LogP contribution is -1.83. The molecule has 0 spiro atoms. The quantitative estimate of drug-likeness (QED) is 0.574. The lowest BCUT2D eigenvalue weighted by Gasteiger charge is -1.80. The van der Waals surface area contributed by atoms with Gasteiger partial charge in [-0.25, -0.2) is 0 Å². The van der Waals surface area contributed by atoms with Crippen LogP contribution < -0.4 is 0 Å². The number of rotatable bonds is 1.